The minimum atomic E-state index is -0.129. The minimum absolute atomic E-state index is 0.109. The Morgan fingerprint density at radius 2 is 2.08 bits per heavy atom. The lowest BCUT2D eigenvalue weighted by atomic mass is 10.2. The molecule has 1 aromatic carbocycles. The maximum atomic E-state index is 12.3. The van der Waals surface area contributed by atoms with Crippen molar-refractivity contribution in [2.45, 2.75) is 25.3 Å². The summed E-state index contributed by atoms with van der Waals surface area (Å²) in [6.45, 7) is 0.768. The van der Waals surface area contributed by atoms with Gasteiger partial charge in [0.2, 0.25) is 0 Å². The van der Waals surface area contributed by atoms with Crippen molar-refractivity contribution in [1.82, 2.24) is 15.1 Å². The molecule has 0 bridgehead atoms. The highest BCUT2D eigenvalue weighted by atomic mass is 32.1. The molecule has 5 nitrogen and oxygen atoms in total. The van der Waals surface area contributed by atoms with Gasteiger partial charge < -0.3 is 5.32 Å². The Bertz CT molecular complexity index is 923. The molecule has 1 saturated carbocycles. The molecule has 4 rings (SSSR count). The third-order valence-corrected chi connectivity index (χ3v) is 5.26. The summed E-state index contributed by atoms with van der Waals surface area (Å²) in [5.74, 6) is 0.396. The lowest BCUT2D eigenvalue weighted by molar-refractivity contribution is 0.0956. The number of rotatable bonds is 5. The number of hydrogen-bond donors (Lipinski definition) is 1. The van der Waals surface area contributed by atoms with Crippen LogP contribution in [0.1, 0.15) is 34.1 Å². The molecule has 0 spiro atoms. The Morgan fingerprint density at radius 3 is 2.88 bits per heavy atom. The molecule has 1 aliphatic rings. The van der Waals surface area contributed by atoms with E-state index in [0.717, 1.165) is 28.6 Å². The first-order valence-corrected chi connectivity index (χ1v) is 8.87. The third kappa shape index (κ3) is 3.10. The van der Waals surface area contributed by atoms with Crippen molar-refractivity contribution in [3.63, 3.8) is 0 Å². The molecule has 1 aliphatic carbocycles. The number of hydrogen-bond acceptors (Lipinski definition) is 4. The molecule has 1 amide bonds. The van der Waals surface area contributed by atoms with Crippen LogP contribution in [0.15, 0.2) is 47.3 Å². The van der Waals surface area contributed by atoms with Crippen LogP contribution in [-0.2, 0) is 6.54 Å². The van der Waals surface area contributed by atoms with Gasteiger partial charge in [-0.05, 0) is 36.4 Å². The van der Waals surface area contributed by atoms with E-state index in [9.17, 15) is 9.59 Å². The molecule has 0 aliphatic heterocycles. The Hall–Kier alpha value is -2.47. The molecule has 0 unspecified atom stereocenters. The number of thiophene rings is 1. The summed E-state index contributed by atoms with van der Waals surface area (Å²) in [6, 6.07) is 13.2. The van der Waals surface area contributed by atoms with Crippen molar-refractivity contribution in [3.8, 4) is 0 Å². The van der Waals surface area contributed by atoms with Gasteiger partial charge in [-0.1, -0.05) is 18.2 Å². The topological polar surface area (TPSA) is 64.0 Å². The molecule has 0 radical (unpaired) electrons. The number of aromatic nitrogens is 2. The van der Waals surface area contributed by atoms with Gasteiger partial charge in [-0.25, -0.2) is 4.68 Å². The fourth-order valence-corrected chi connectivity index (χ4v) is 3.66. The van der Waals surface area contributed by atoms with E-state index in [2.05, 4.69) is 10.4 Å². The molecule has 2 heterocycles. The van der Waals surface area contributed by atoms with E-state index in [0.29, 0.717) is 23.9 Å². The summed E-state index contributed by atoms with van der Waals surface area (Å²) in [4.78, 5) is 24.8. The Labute approximate surface area is 142 Å². The Kier molecular flexibility index (Phi) is 3.90. The van der Waals surface area contributed by atoms with Crippen molar-refractivity contribution in [2.75, 3.05) is 6.54 Å². The lowest BCUT2D eigenvalue weighted by Gasteiger charge is -2.07. The first-order valence-electron chi connectivity index (χ1n) is 8.05. The van der Waals surface area contributed by atoms with Crippen molar-refractivity contribution in [3.05, 3.63) is 63.4 Å². The van der Waals surface area contributed by atoms with Gasteiger partial charge in [-0.3, -0.25) is 9.59 Å². The zero-order valence-corrected chi connectivity index (χ0v) is 13.9. The minimum Gasteiger partial charge on any atom is -0.349 e. The maximum Gasteiger partial charge on any atom is 0.266 e. The van der Waals surface area contributed by atoms with Gasteiger partial charge in [0.05, 0.1) is 17.1 Å². The average molecular weight is 339 g/mol. The van der Waals surface area contributed by atoms with Gasteiger partial charge in [0.25, 0.3) is 11.5 Å². The standard InChI is InChI=1S/C18H17N3O2S/c22-17-8-7-14(12-5-6-12)20-21(17)10-9-19-18(23)16-11-13-3-1-2-4-15(13)24-16/h1-4,7-8,11-12H,5-6,9-10H2,(H,19,23). The van der Waals surface area contributed by atoms with Crippen LogP contribution in [-0.4, -0.2) is 22.2 Å². The van der Waals surface area contributed by atoms with Crippen LogP contribution in [0.5, 0.6) is 0 Å². The quantitative estimate of drug-likeness (QED) is 0.777. The van der Waals surface area contributed by atoms with Crippen LogP contribution in [0.2, 0.25) is 0 Å². The molecule has 122 valence electrons. The number of carbonyl (C=O) groups is 1. The zero-order valence-electron chi connectivity index (χ0n) is 13.1. The van der Waals surface area contributed by atoms with E-state index in [4.69, 9.17) is 0 Å². The van der Waals surface area contributed by atoms with Crippen molar-refractivity contribution in [2.24, 2.45) is 0 Å². The number of carbonyl (C=O) groups excluding carboxylic acids is 1. The SMILES string of the molecule is O=C(NCCn1nc(C2CC2)ccc1=O)c1cc2ccccc2s1. The van der Waals surface area contributed by atoms with Gasteiger partial charge in [-0.2, -0.15) is 5.10 Å². The summed E-state index contributed by atoms with van der Waals surface area (Å²) in [7, 11) is 0. The summed E-state index contributed by atoms with van der Waals surface area (Å²) >= 11 is 1.47. The predicted molar refractivity (Wildman–Crippen MR) is 94.6 cm³/mol. The number of benzene rings is 1. The van der Waals surface area contributed by atoms with Crippen LogP contribution in [0.25, 0.3) is 10.1 Å². The number of nitrogens with one attached hydrogen (secondary N) is 1. The molecule has 0 atom stereocenters. The summed E-state index contributed by atoms with van der Waals surface area (Å²) in [5.41, 5.74) is 0.848. The Balaban J connectivity index is 1.40. The highest BCUT2D eigenvalue weighted by Gasteiger charge is 2.25. The Morgan fingerprint density at radius 1 is 1.25 bits per heavy atom. The maximum absolute atomic E-state index is 12.3. The molecule has 1 N–H and O–H groups in total. The van der Waals surface area contributed by atoms with Crippen LogP contribution >= 0.6 is 11.3 Å². The number of nitrogens with zero attached hydrogens (tertiary/aromatic N) is 2. The van der Waals surface area contributed by atoms with Gasteiger partial charge in [-0.15, -0.1) is 11.3 Å². The molecule has 0 saturated heterocycles. The highest BCUT2D eigenvalue weighted by molar-refractivity contribution is 7.20. The average Bonchev–Trinajstić information content (AvgIpc) is 3.34. The number of amides is 1. The molecule has 1 fully saturated rings. The van der Waals surface area contributed by atoms with Gasteiger partial charge in [0.1, 0.15) is 0 Å². The zero-order chi connectivity index (χ0) is 16.5. The third-order valence-electron chi connectivity index (χ3n) is 4.14. The van der Waals surface area contributed by atoms with E-state index >= 15 is 0 Å². The monoisotopic (exact) mass is 339 g/mol. The van der Waals surface area contributed by atoms with Crippen LogP contribution < -0.4 is 10.9 Å². The normalized spacial score (nSPS) is 14.0. The lowest BCUT2D eigenvalue weighted by Crippen LogP contribution is -2.31. The van der Waals surface area contributed by atoms with Crippen LogP contribution in [0.4, 0.5) is 0 Å². The van der Waals surface area contributed by atoms with E-state index in [-0.39, 0.29) is 11.5 Å². The molecule has 2 aromatic heterocycles. The second-order valence-electron chi connectivity index (χ2n) is 6.00. The summed E-state index contributed by atoms with van der Waals surface area (Å²) in [5, 5.41) is 8.34. The van der Waals surface area contributed by atoms with Crippen LogP contribution in [0.3, 0.4) is 0 Å². The molecular weight excluding hydrogens is 322 g/mol. The van der Waals surface area contributed by atoms with Gasteiger partial charge in [0.15, 0.2) is 0 Å². The van der Waals surface area contributed by atoms with Crippen LogP contribution in [0, 0.1) is 0 Å². The van der Waals surface area contributed by atoms with E-state index in [1.54, 1.807) is 6.07 Å². The van der Waals surface area contributed by atoms with Gasteiger partial charge in [0, 0.05) is 23.2 Å². The summed E-state index contributed by atoms with van der Waals surface area (Å²) in [6.07, 6.45) is 2.29. The smallest absolute Gasteiger partial charge is 0.266 e. The van der Waals surface area contributed by atoms with Crippen molar-refractivity contribution in [1.29, 1.82) is 0 Å². The van der Waals surface area contributed by atoms with E-state index in [1.807, 2.05) is 36.4 Å². The second-order valence-corrected chi connectivity index (χ2v) is 7.08. The summed E-state index contributed by atoms with van der Waals surface area (Å²) < 4.78 is 2.54. The fourth-order valence-electron chi connectivity index (χ4n) is 2.68. The van der Waals surface area contributed by atoms with E-state index < -0.39 is 0 Å². The highest BCUT2D eigenvalue weighted by Crippen LogP contribution is 2.38. The predicted octanol–water partition coefficient (Wildman–Crippen LogP) is 2.77. The number of fused-ring (bicyclic) bond motifs is 1. The molecule has 24 heavy (non-hydrogen) atoms. The second kappa shape index (κ2) is 6.20. The molecule has 3 aromatic rings. The van der Waals surface area contributed by atoms with E-state index in [1.165, 1.54) is 16.0 Å². The molecular formula is C18H17N3O2S. The van der Waals surface area contributed by atoms with Crippen molar-refractivity contribution < 1.29 is 4.79 Å². The first kappa shape index (κ1) is 15.1. The largest absolute Gasteiger partial charge is 0.349 e. The van der Waals surface area contributed by atoms with Gasteiger partial charge >= 0.3 is 0 Å². The van der Waals surface area contributed by atoms with Crippen molar-refractivity contribution >= 4 is 27.3 Å². The first-order chi connectivity index (χ1) is 11.7. The fraction of sp³-hybridized carbons (Fsp3) is 0.278. The molecule has 6 heteroatoms.